The van der Waals surface area contributed by atoms with Crippen molar-refractivity contribution in [2.75, 3.05) is 26.3 Å². The highest BCUT2D eigenvalue weighted by Crippen LogP contribution is 2.30. The van der Waals surface area contributed by atoms with Gasteiger partial charge in [0.25, 0.3) is 0 Å². The largest absolute Gasteiger partial charge is 0.433 e. The number of halogens is 3. The van der Waals surface area contributed by atoms with Crippen LogP contribution in [0.2, 0.25) is 0 Å². The molecule has 26 heavy (non-hydrogen) atoms. The van der Waals surface area contributed by atoms with Gasteiger partial charge in [0.1, 0.15) is 5.69 Å². The Kier molecular flexibility index (Phi) is 4.42. The summed E-state index contributed by atoms with van der Waals surface area (Å²) in [7, 11) is 0. The molecule has 3 heterocycles. The van der Waals surface area contributed by atoms with Gasteiger partial charge >= 0.3 is 6.18 Å². The third-order valence-electron chi connectivity index (χ3n) is 4.63. The topological polar surface area (TPSA) is 30.3 Å². The predicted octanol–water partition coefficient (Wildman–Crippen LogP) is 3.88. The van der Waals surface area contributed by atoms with E-state index in [1.807, 2.05) is 24.4 Å². The first-order chi connectivity index (χ1) is 12.5. The summed E-state index contributed by atoms with van der Waals surface area (Å²) in [6.45, 7) is 4.03. The monoisotopic (exact) mass is 361 g/mol. The average molecular weight is 361 g/mol. The molecule has 0 saturated carbocycles. The number of rotatable bonds is 3. The molecule has 0 bridgehead atoms. The fourth-order valence-corrected chi connectivity index (χ4v) is 3.32. The second-order valence-corrected chi connectivity index (χ2v) is 6.32. The zero-order valence-electron chi connectivity index (χ0n) is 14.0. The van der Waals surface area contributed by atoms with Gasteiger partial charge in [-0.1, -0.05) is 12.1 Å². The molecular formula is C19H18F3N3O. The Morgan fingerprint density at radius 3 is 2.65 bits per heavy atom. The van der Waals surface area contributed by atoms with Crippen molar-refractivity contribution in [2.24, 2.45) is 0 Å². The molecule has 0 unspecified atom stereocenters. The summed E-state index contributed by atoms with van der Waals surface area (Å²) in [6.07, 6.45) is -1.45. The molecule has 136 valence electrons. The Hall–Kier alpha value is -2.38. The number of benzene rings is 1. The van der Waals surface area contributed by atoms with Crippen LogP contribution in [0, 0.1) is 0 Å². The third kappa shape index (κ3) is 3.32. The van der Waals surface area contributed by atoms with Gasteiger partial charge in [-0.25, -0.2) is 0 Å². The summed E-state index contributed by atoms with van der Waals surface area (Å²) in [5.74, 6) is 0. The minimum Gasteiger partial charge on any atom is -0.379 e. The third-order valence-corrected chi connectivity index (χ3v) is 4.63. The number of pyridine rings is 1. The molecule has 1 fully saturated rings. The second-order valence-electron chi connectivity index (χ2n) is 6.32. The highest BCUT2D eigenvalue weighted by atomic mass is 19.4. The molecule has 2 aromatic heterocycles. The van der Waals surface area contributed by atoms with Crippen LogP contribution in [0.3, 0.4) is 0 Å². The van der Waals surface area contributed by atoms with Crippen molar-refractivity contribution in [3.05, 3.63) is 60.0 Å². The van der Waals surface area contributed by atoms with Crippen molar-refractivity contribution in [3.63, 3.8) is 0 Å². The number of morpholine rings is 1. The van der Waals surface area contributed by atoms with E-state index in [1.54, 1.807) is 10.6 Å². The van der Waals surface area contributed by atoms with E-state index in [1.165, 1.54) is 6.20 Å². The predicted molar refractivity (Wildman–Crippen MR) is 92.2 cm³/mol. The lowest BCUT2D eigenvalue weighted by Crippen LogP contribution is -2.35. The SMILES string of the molecule is FC(F)(F)c1cc(-n2ccc3c(CN4CCOCC4)cccc32)ccn1. The lowest BCUT2D eigenvalue weighted by molar-refractivity contribution is -0.141. The molecule has 4 rings (SSSR count). The smallest absolute Gasteiger partial charge is 0.379 e. The van der Waals surface area contributed by atoms with E-state index in [9.17, 15) is 13.2 Å². The Labute approximate surface area is 148 Å². The van der Waals surface area contributed by atoms with E-state index in [0.29, 0.717) is 5.69 Å². The van der Waals surface area contributed by atoms with Gasteiger partial charge in [0.2, 0.25) is 0 Å². The van der Waals surface area contributed by atoms with Gasteiger partial charge in [-0.2, -0.15) is 13.2 Å². The molecule has 0 spiro atoms. The molecule has 4 nitrogen and oxygen atoms in total. The minimum atomic E-state index is -4.46. The number of ether oxygens (including phenoxy) is 1. The van der Waals surface area contributed by atoms with E-state index in [-0.39, 0.29) is 0 Å². The molecule has 0 N–H and O–H groups in total. The number of hydrogen-bond donors (Lipinski definition) is 0. The summed E-state index contributed by atoms with van der Waals surface area (Å²) < 4.78 is 46.0. The first-order valence-corrected chi connectivity index (χ1v) is 8.45. The van der Waals surface area contributed by atoms with Crippen molar-refractivity contribution in [2.45, 2.75) is 12.7 Å². The molecule has 1 aliphatic heterocycles. The summed E-state index contributed by atoms with van der Waals surface area (Å²) in [4.78, 5) is 5.76. The van der Waals surface area contributed by atoms with Crippen LogP contribution in [0.5, 0.6) is 0 Å². The molecule has 0 atom stereocenters. The zero-order chi connectivity index (χ0) is 18.1. The van der Waals surface area contributed by atoms with Gasteiger partial charge < -0.3 is 9.30 Å². The molecule has 0 aliphatic carbocycles. The summed E-state index contributed by atoms with van der Waals surface area (Å²) in [5, 5.41) is 1.05. The van der Waals surface area contributed by atoms with Crippen LogP contribution in [0.25, 0.3) is 16.6 Å². The van der Waals surface area contributed by atoms with E-state index in [2.05, 4.69) is 16.0 Å². The Balaban J connectivity index is 1.71. The quantitative estimate of drug-likeness (QED) is 0.709. The van der Waals surface area contributed by atoms with Crippen molar-refractivity contribution in [1.29, 1.82) is 0 Å². The first-order valence-electron chi connectivity index (χ1n) is 8.45. The summed E-state index contributed by atoms with van der Waals surface area (Å²) >= 11 is 0. The zero-order valence-corrected chi connectivity index (χ0v) is 14.0. The number of nitrogens with zero attached hydrogens (tertiary/aromatic N) is 3. The van der Waals surface area contributed by atoms with Gasteiger partial charge in [-0.05, 0) is 29.8 Å². The number of aromatic nitrogens is 2. The molecule has 1 saturated heterocycles. The second kappa shape index (κ2) is 6.74. The maximum absolute atomic E-state index is 13.0. The fourth-order valence-electron chi connectivity index (χ4n) is 3.32. The molecule has 7 heteroatoms. The lowest BCUT2D eigenvalue weighted by Gasteiger charge is -2.26. The van der Waals surface area contributed by atoms with Crippen molar-refractivity contribution >= 4 is 10.9 Å². The highest BCUT2D eigenvalue weighted by Gasteiger charge is 2.32. The van der Waals surface area contributed by atoms with Gasteiger partial charge in [-0.3, -0.25) is 9.88 Å². The number of hydrogen-bond acceptors (Lipinski definition) is 3. The Morgan fingerprint density at radius 2 is 1.88 bits per heavy atom. The first kappa shape index (κ1) is 17.1. The van der Waals surface area contributed by atoms with Crippen molar-refractivity contribution in [1.82, 2.24) is 14.5 Å². The van der Waals surface area contributed by atoms with Crippen molar-refractivity contribution < 1.29 is 17.9 Å². The molecular weight excluding hydrogens is 343 g/mol. The number of fused-ring (bicyclic) bond motifs is 1. The lowest BCUT2D eigenvalue weighted by atomic mass is 10.1. The minimum absolute atomic E-state index is 0.450. The van der Waals surface area contributed by atoms with Gasteiger partial charge in [0, 0.05) is 43.1 Å². The summed E-state index contributed by atoms with van der Waals surface area (Å²) in [6, 6.07) is 10.6. The Morgan fingerprint density at radius 1 is 1.08 bits per heavy atom. The van der Waals surface area contributed by atoms with Gasteiger partial charge in [-0.15, -0.1) is 0 Å². The molecule has 0 amide bonds. The van der Waals surface area contributed by atoms with Crippen LogP contribution >= 0.6 is 0 Å². The number of alkyl halides is 3. The average Bonchev–Trinajstić information content (AvgIpc) is 3.07. The standard InChI is InChI=1S/C19H18F3N3O/c20-19(21,22)18-12-15(4-6-23-18)25-7-5-16-14(2-1-3-17(16)25)13-24-8-10-26-11-9-24/h1-7,12H,8-11,13H2. The molecule has 0 radical (unpaired) electrons. The van der Waals surface area contributed by atoms with E-state index in [4.69, 9.17) is 4.74 Å². The van der Waals surface area contributed by atoms with Crippen LogP contribution in [0.15, 0.2) is 48.8 Å². The van der Waals surface area contributed by atoms with E-state index < -0.39 is 11.9 Å². The van der Waals surface area contributed by atoms with Crippen LogP contribution in [0.1, 0.15) is 11.3 Å². The van der Waals surface area contributed by atoms with Crippen LogP contribution in [0.4, 0.5) is 13.2 Å². The van der Waals surface area contributed by atoms with Crippen LogP contribution < -0.4 is 0 Å². The highest BCUT2D eigenvalue weighted by molar-refractivity contribution is 5.85. The van der Waals surface area contributed by atoms with Crippen LogP contribution in [-0.4, -0.2) is 40.8 Å². The maximum Gasteiger partial charge on any atom is 0.433 e. The summed E-state index contributed by atoms with van der Waals surface area (Å²) in [5.41, 5.74) is 1.61. The molecule has 1 aromatic carbocycles. The maximum atomic E-state index is 13.0. The molecule has 1 aliphatic rings. The van der Waals surface area contributed by atoms with Gasteiger partial charge in [0.05, 0.1) is 18.7 Å². The normalized spacial score (nSPS) is 16.3. The van der Waals surface area contributed by atoms with E-state index >= 15 is 0 Å². The Bertz CT molecular complexity index is 914. The molecule has 3 aromatic rings. The fraction of sp³-hybridized carbons (Fsp3) is 0.316. The van der Waals surface area contributed by atoms with Crippen molar-refractivity contribution in [3.8, 4) is 5.69 Å². The van der Waals surface area contributed by atoms with E-state index in [0.717, 1.165) is 55.4 Å². The van der Waals surface area contributed by atoms with Gasteiger partial charge in [0.15, 0.2) is 0 Å². The van der Waals surface area contributed by atoms with Crippen LogP contribution in [-0.2, 0) is 17.5 Å².